The van der Waals surface area contributed by atoms with Crippen molar-refractivity contribution in [1.29, 1.82) is 5.26 Å². The van der Waals surface area contributed by atoms with Crippen molar-refractivity contribution in [2.24, 2.45) is 0 Å². The van der Waals surface area contributed by atoms with Crippen LogP contribution >= 0.6 is 11.6 Å². The molecule has 1 N–H and O–H groups in total. The van der Waals surface area contributed by atoms with Gasteiger partial charge in [0.05, 0.1) is 5.56 Å². The van der Waals surface area contributed by atoms with E-state index >= 15 is 0 Å². The molecule has 0 amide bonds. The summed E-state index contributed by atoms with van der Waals surface area (Å²) in [6, 6.07) is 7.35. The standard InChI is InChI=1S/C8H4ClN3/c9-8-6-3-1-2-5(4-10)7(6)11-12-8/h1-3H,(H,11,12). The van der Waals surface area contributed by atoms with E-state index in [0.717, 1.165) is 5.39 Å². The van der Waals surface area contributed by atoms with Crippen LogP contribution < -0.4 is 0 Å². The van der Waals surface area contributed by atoms with E-state index in [1.807, 2.05) is 12.1 Å². The lowest BCUT2D eigenvalue weighted by Crippen LogP contribution is -1.76. The summed E-state index contributed by atoms with van der Waals surface area (Å²) in [4.78, 5) is 0. The maximum Gasteiger partial charge on any atom is 0.132 e. The molecule has 0 bridgehead atoms. The van der Waals surface area contributed by atoms with Gasteiger partial charge in [-0.3, -0.25) is 5.10 Å². The number of fused-ring (bicyclic) bond motifs is 1. The molecule has 12 heavy (non-hydrogen) atoms. The number of aromatic amines is 1. The van der Waals surface area contributed by atoms with E-state index in [1.54, 1.807) is 12.1 Å². The summed E-state index contributed by atoms with van der Waals surface area (Å²) in [7, 11) is 0. The summed E-state index contributed by atoms with van der Waals surface area (Å²) >= 11 is 5.77. The van der Waals surface area contributed by atoms with Crippen LogP contribution in [0.2, 0.25) is 5.15 Å². The number of H-pyrrole nitrogens is 1. The number of nitrogens with zero attached hydrogens (tertiary/aromatic N) is 2. The Morgan fingerprint density at radius 3 is 3.08 bits per heavy atom. The third-order valence-corrected chi connectivity index (χ3v) is 1.95. The monoisotopic (exact) mass is 177 g/mol. The Labute approximate surface area is 73.6 Å². The van der Waals surface area contributed by atoms with Crippen molar-refractivity contribution in [3.8, 4) is 6.07 Å². The molecule has 58 valence electrons. The van der Waals surface area contributed by atoms with E-state index in [9.17, 15) is 0 Å². The fourth-order valence-corrected chi connectivity index (χ4v) is 1.29. The minimum Gasteiger partial charge on any atom is -0.266 e. The highest BCUT2D eigenvalue weighted by Gasteiger charge is 2.05. The number of para-hydroxylation sites is 1. The van der Waals surface area contributed by atoms with Gasteiger partial charge in [-0.05, 0) is 12.1 Å². The van der Waals surface area contributed by atoms with Gasteiger partial charge >= 0.3 is 0 Å². The van der Waals surface area contributed by atoms with Gasteiger partial charge in [-0.1, -0.05) is 17.7 Å². The number of rotatable bonds is 0. The molecule has 1 aromatic carbocycles. The molecule has 0 aliphatic carbocycles. The second kappa shape index (κ2) is 2.50. The van der Waals surface area contributed by atoms with Crippen molar-refractivity contribution in [3.05, 3.63) is 28.9 Å². The molecule has 0 aliphatic heterocycles. The van der Waals surface area contributed by atoms with Gasteiger partial charge in [0.25, 0.3) is 0 Å². The molecule has 2 rings (SSSR count). The number of nitriles is 1. The molecule has 0 atom stereocenters. The summed E-state index contributed by atoms with van der Waals surface area (Å²) < 4.78 is 0. The topological polar surface area (TPSA) is 52.5 Å². The smallest absolute Gasteiger partial charge is 0.132 e. The van der Waals surface area contributed by atoms with Gasteiger partial charge in [0.1, 0.15) is 16.7 Å². The maximum absolute atomic E-state index is 8.70. The first-order valence-corrected chi connectivity index (χ1v) is 3.73. The molecule has 1 heterocycles. The van der Waals surface area contributed by atoms with Crippen molar-refractivity contribution in [3.63, 3.8) is 0 Å². The Kier molecular flexibility index (Phi) is 1.49. The molecule has 0 saturated carbocycles. The zero-order valence-corrected chi connectivity index (χ0v) is 6.76. The van der Waals surface area contributed by atoms with Crippen LogP contribution in [0.5, 0.6) is 0 Å². The van der Waals surface area contributed by atoms with Crippen LogP contribution in [0.1, 0.15) is 5.56 Å². The van der Waals surface area contributed by atoms with Crippen LogP contribution in [0.25, 0.3) is 10.9 Å². The van der Waals surface area contributed by atoms with Gasteiger partial charge in [-0.2, -0.15) is 10.4 Å². The number of halogens is 1. The Hall–Kier alpha value is -1.53. The van der Waals surface area contributed by atoms with Crippen molar-refractivity contribution in [2.75, 3.05) is 0 Å². The second-order valence-corrected chi connectivity index (χ2v) is 2.73. The summed E-state index contributed by atoms with van der Waals surface area (Å²) in [6.07, 6.45) is 0. The molecule has 0 aliphatic rings. The van der Waals surface area contributed by atoms with Crippen molar-refractivity contribution < 1.29 is 0 Å². The number of aromatic nitrogens is 2. The molecule has 0 spiro atoms. The lowest BCUT2D eigenvalue weighted by atomic mass is 10.2. The molecule has 0 unspecified atom stereocenters. The predicted octanol–water partition coefficient (Wildman–Crippen LogP) is 2.09. The maximum atomic E-state index is 8.70. The highest BCUT2D eigenvalue weighted by atomic mass is 35.5. The SMILES string of the molecule is N#Cc1cccc2c(Cl)[nH]nc12. The van der Waals surface area contributed by atoms with E-state index in [-0.39, 0.29) is 0 Å². The highest BCUT2D eigenvalue weighted by molar-refractivity contribution is 6.34. The first-order valence-electron chi connectivity index (χ1n) is 3.35. The van der Waals surface area contributed by atoms with E-state index in [1.165, 1.54) is 0 Å². The van der Waals surface area contributed by atoms with E-state index in [2.05, 4.69) is 10.2 Å². The molecule has 4 heteroatoms. The summed E-state index contributed by atoms with van der Waals surface area (Å²) in [5.74, 6) is 0. The molecule has 2 aromatic rings. The minimum absolute atomic E-state index is 0.474. The molecular formula is C8H4ClN3. The molecule has 1 aromatic heterocycles. The van der Waals surface area contributed by atoms with Crippen molar-refractivity contribution in [2.45, 2.75) is 0 Å². The third kappa shape index (κ3) is 0.858. The summed E-state index contributed by atoms with van der Waals surface area (Å²) in [6.45, 7) is 0. The molecule has 0 saturated heterocycles. The van der Waals surface area contributed by atoms with E-state index in [4.69, 9.17) is 16.9 Å². The van der Waals surface area contributed by atoms with Gasteiger partial charge in [-0.25, -0.2) is 0 Å². The van der Waals surface area contributed by atoms with E-state index in [0.29, 0.717) is 16.2 Å². The van der Waals surface area contributed by atoms with Crippen LogP contribution in [-0.2, 0) is 0 Å². The summed E-state index contributed by atoms with van der Waals surface area (Å²) in [5, 5.41) is 16.5. The zero-order chi connectivity index (χ0) is 8.55. The number of hydrogen-bond donors (Lipinski definition) is 1. The van der Waals surface area contributed by atoms with E-state index < -0.39 is 0 Å². The van der Waals surface area contributed by atoms with Crippen LogP contribution in [0, 0.1) is 11.3 Å². The zero-order valence-electron chi connectivity index (χ0n) is 6.00. The van der Waals surface area contributed by atoms with Crippen LogP contribution in [0.15, 0.2) is 18.2 Å². The Balaban J connectivity index is 2.92. The normalized spacial score (nSPS) is 10.0. The first kappa shape index (κ1) is 7.14. The highest BCUT2D eigenvalue weighted by Crippen LogP contribution is 2.22. The average molecular weight is 178 g/mol. The largest absolute Gasteiger partial charge is 0.266 e. The Morgan fingerprint density at radius 2 is 2.33 bits per heavy atom. The van der Waals surface area contributed by atoms with Crippen LogP contribution in [-0.4, -0.2) is 10.2 Å². The van der Waals surface area contributed by atoms with Crippen LogP contribution in [0.3, 0.4) is 0 Å². The molecular weight excluding hydrogens is 174 g/mol. The summed E-state index contributed by atoms with van der Waals surface area (Å²) in [5.41, 5.74) is 1.17. The van der Waals surface area contributed by atoms with Gasteiger partial charge in [0.2, 0.25) is 0 Å². The number of nitrogens with one attached hydrogen (secondary N) is 1. The van der Waals surface area contributed by atoms with Gasteiger partial charge < -0.3 is 0 Å². The molecule has 3 nitrogen and oxygen atoms in total. The number of hydrogen-bond acceptors (Lipinski definition) is 2. The predicted molar refractivity (Wildman–Crippen MR) is 45.8 cm³/mol. The molecule has 0 radical (unpaired) electrons. The van der Waals surface area contributed by atoms with Crippen LogP contribution in [0.4, 0.5) is 0 Å². The fourth-order valence-electron chi connectivity index (χ4n) is 1.10. The Bertz CT molecular complexity index is 467. The third-order valence-electron chi connectivity index (χ3n) is 1.66. The lowest BCUT2D eigenvalue weighted by Gasteiger charge is -1.88. The quantitative estimate of drug-likeness (QED) is 0.670. The lowest BCUT2D eigenvalue weighted by molar-refractivity contribution is 1.12. The second-order valence-electron chi connectivity index (χ2n) is 2.35. The Morgan fingerprint density at radius 1 is 1.50 bits per heavy atom. The van der Waals surface area contributed by atoms with Gasteiger partial charge in [-0.15, -0.1) is 0 Å². The van der Waals surface area contributed by atoms with Gasteiger partial charge in [0, 0.05) is 5.39 Å². The fraction of sp³-hybridized carbons (Fsp3) is 0. The average Bonchev–Trinajstić information content (AvgIpc) is 2.48. The first-order chi connectivity index (χ1) is 5.83. The minimum atomic E-state index is 0.474. The number of benzene rings is 1. The molecule has 0 fully saturated rings. The van der Waals surface area contributed by atoms with Crippen molar-refractivity contribution >= 4 is 22.5 Å². The van der Waals surface area contributed by atoms with Gasteiger partial charge in [0.15, 0.2) is 0 Å². The van der Waals surface area contributed by atoms with Crippen molar-refractivity contribution in [1.82, 2.24) is 10.2 Å².